The highest BCUT2D eigenvalue weighted by atomic mass is 16.5. The van der Waals surface area contributed by atoms with Gasteiger partial charge in [-0.25, -0.2) is 4.79 Å². The minimum absolute atomic E-state index is 0.220. The molecule has 1 atom stereocenters. The molecule has 1 saturated heterocycles. The molecule has 0 bridgehead atoms. The summed E-state index contributed by atoms with van der Waals surface area (Å²) >= 11 is 0. The van der Waals surface area contributed by atoms with E-state index in [9.17, 15) is 9.90 Å². The lowest BCUT2D eigenvalue weighted by Crippen LogP contribution is -2.39. The molecule has 0 aliphatic carbocycles. The molecule has 0 radical (unpaired) electrons. The Morgan fingerprint density at radius 1 is 1.43 bits per heavy atom. The van der Waals surface area contributed by atoms with Gasteiger partial charge in [-0.1, -0.05) is 6.07 Å². The predicted molar refractivity (Wildman–Crippen MR) is 79.7 cm³/mol. The molecule has 1 aliphatic rings. The van der Waals surface area contributed by atoms with E-state index in [0.29, 0.717) is 18.3 Å². The zero-order valence-electron chi connectivity index (χ0n) is 12.4. The lowest BCUT2D eigenvalue weighted by Gasteiger charge is -2.33. The topological polar surface area (TPSA) is 70.0 Å². The van der Waals surface area contributed by atoms with Crippen LogP contribution in [0.4, 0.5) is 0 Å². The van der Waals surface area contributed by atoms with Crippen LogP contribution < -0.4 is 4.74 Å². The number of carboxylic acid groups (broad SMARTS) is 1. The van der Waals surface area contributed by atoms with E-state index in [4.69, 9.17) is 9.84 Å². The zero-order chi connectivity index (χ0) is 15.2. The Balaban J connectivity index is 1.73. The Labute approximate surface area is 125 Å². The van der Waals surface area contributed by atoms with E-state index in [1.807, 2.05) is 6.92 Å². The third-order valence-corrected chi connectivity index (χ3v) is 4.07. The van der Waals surface area contributed by atoms with Crippen LogP contribution in [-0.4, -0.2) is 53.4 Å². The second kappa shape index (κ2) is 7.43. The van der Waals surface area contributed by atoms with Gasteiger partial charge in [0, 0.05) is 6.54 Å². The zero-order valence-corrected chi connectivity index (χ0v) is 12.4. The minimum atomic E-state index is -0.944. The molecule has 2 rings (SSSR count). The van der Waals surface area contributed by atoms with Gasteiger partial charge in [-0.3, -0.25) is 4.90 Å². The molecule has 1 fully saturated rings. The summed E-state index contributed by atoms with van der Waals surface area (Å²) in [6.45, 7) is 5.19. The van der Waals surface area contributed by atoms with Crippen LogP contribution in [0, 0.1) is 5.92 Å². The Morgan fingerprint density at radius 3 is 2.76 bits per heavy atom. The summed E-state index contributed by atoms with van der Waals surface area (Å²) in [5, 5.41) is 18.5. The van der Waals surface area contributed by atoms with Crippen molar-refractivity contribution in [1.82, 2.24) is 4.90 Å². The first-order valence-electron chi connectivity index (χ1n) is 7.43. The molecule has 116 valence electrons. The summed E-state index contributed by atoms with van der Waals surface area (Å²) in [6.07, 6.45) is 1.82. The molecule has 0 aromatic heterocycles. The minimum Gasteiger partial charge on any atom is -0.492 e. The van der Waals surface area contributed by atoms with Crippen LogP contribution in [0.2, 0.25) is 0 Å². The van der Waals surface area contributed by atoms with Crippen LogP contribution in [0.25, 0.3) is 0 Å². The summed E-state index contributed by atoms with van der Waals surface area (Å²) in [6, 6.07) is 6.55. The molecule has 1 aromatic carbocycles. The van der Waals surface area contributed by atoms with Gasteiger partial charge in [-0.15, -0.1) is 0 Å². The molecule has 2 N–H and O–H groups in total. The number of benzene rings is 1. The molecule has 1 unspecified atom stereocenters. The van der Waals surface area contributed by atoms with E-state index in [1.54, 1.807) is 24.3 Å². The number of carbonyl (C=O) groups is 1. The molecule has 5 nitrogen and oxygen atoms in total. The van der Waals surface area contributed by atoms with Crippen molar-refractivity contribution in [2.75, 3.05) is 26.2 Å². The molecule has 0 amide bonds. The van der Waals surface area contributed by atoms with Crippen molar-refractivity contribution in [3.63, 3.8) is 0 Å². The van der Waals surface area contributed by atoms with Crippen LogP contribution in [0.1, 0.15) is 30.1 Å². The summed E-state index contributed by atoms with van der Waals surface area (Å²) in [5.41, 5.74) is 0.241. The van der Waals surface area contributed by atoms with E-state index >= 15 is 0 Å². The maximum atomic E-state index is 10.9. The van der Waals surface area contributed by atoms with E-state index in [0.717, 1.165) is 32.5 Å². The van der Waals surface area contributed by atoms with Gasteiger partial charge in [-0.05, 0) is 57.0 Å². The average Bonchev–Trinajstić information content (AvgIpc) is 2.48. The first kappa shape index (κ1) is 15.8. The number of carboxylic acids is 1. The number of likely N-dealkylation sites (tertiary alicyclic amines) is 1. The van der Waals surface area contributed by atoms with Crippen LogP contribution in [0.5, 0.6) is 5.75 Å². The summed E-state index contributed by atoms with van der Waals surface area (Å²) in [7, 11) is 0. The maximum Gasteiger partial charge on any atom is 0.335 e. The molecule has 1 aliphatic heterocycles. The van der Waals surface area contributed by atoms with Crippen molar-refractivity contribution in [2.45, 2.75) is 25.9 Å². The second-order valence-corrected chi connectivity index (χ2v) is 5.60. The van der Waals surface area contributed by atoms with Crippen LogP contribution in [0.3, 0.4) is 0 Å². The van der Waals surface area contributed by atoms with Gasteiger partial charge in [0.05, 0.1) is 11.7 Å². The number of ether oxygens (including phenoxy) is 1. The number of nitrogens with zero attached hydrogens (tertiary/aromatic N) is 1. The van der Waals surface area contributed by atoms with Gasteiger partial charge in [0.2, 0.25) is 0 Å². The first-order chi connectivity index (χ1) is 10.1. The molecule has 0 spiro atoms. The SMILES string of the molecule is CC(O)C1CCN(CCOc2cccc(C(=O)O)c2)CC1. The van der Waals surface area contributed by atoms with Crippen molar-refractivity contribution in [3.8, 4) is 5.75 Å². The second-order valence-electron chi connectivity index (χ2n) is 5.60. The lowest BCUT2D eigenvalue weighted by molar-refractivity contribution is 0.0668. The molecule has 1 heterocycles. The highest BCUT2D eigenvalue weighted by Crippen LogP contribution is 2.20. The Hall–Kier alpha value is -1.59. The number of piperidine rings is 1. The fourth-order valence-electron chi connectivity index (χ4n) is 2.67. The predicted octanol–water partition coefficient (Wildman–Crippen LogP) is 1.86. The van der Waals surface area contributed by atoms with Crippen molar-refractivity contribution >= 4 is 5.97 Å². The smallest absolute Gasteiger partial charge is 0.335 e. The summed E-state index contributed by atoms with van der Waals surface area (Å²) in [5.74, 6) is 0.0591. The van der Waals surface area contributed by atoms with Gasteiger partial charge < -0.3 is 14.9 Å². The van der Waals surface area contributed by atoms with Crippen molar-refractivity contribution in [2.24, 2.45) is 5.92 Å². The van der Waals surface area contributed by atoms with E-state index in [2.05, 4.69) is 4.90 Å². The number of aliphatic hydroxyl groups is 1. The van der Waals surface area contributed by atoms with Gasteiger partial charge in [0.25, 0.3) is 0 Å². The fourth-order valence-corrected chi connectivity index (χ4v) is 2.67. The van der Waals surface area contributed by atoms with Crippen LogP contribution in [-0.2, 0) is 0 Å². The summed E-state index contributed by atoms with van der Waals surface area (Å²) < 4.78 is 5.62. The molecule has 1 aromatic rings. The monoisotopic (exact) mass is 293 g/mol. The Morgan fingerprint density at radius 2 is 2.14 bits per heavy atom. The van der Waals surface area contributed by atoms with Crippen LogP contribution in [0.15, 0.2) is 24.3 Å². The van der Waals surface area contributed by atoms with Crippen molar-refractivity contribution in [1.29, 1.82) is 0 Å². The number of rotatable bonds is 6. The van der Waals surface area contributed by atoms with Gasteiger partial charge >= 0.3 is 5.97 Å². The van der Waals surface area contributed by atoms with Crippen LogP contribution >= 0.6 is 0 Å². The third kappa shape index (κ3) is 4.72. The Kier molecular flexibility index (Phi) is 5.59. The molecule has 21 heavy (non-hydrogen) atoms. The normalized spacial score (nSPS) is 18.4. The van der Waals surface area contributed by atoms with Gasteiger partial charge in [-0.2, -0.15) is 0 Å². The summed E-state index contributed by atoms with van der Waals surface area (Å²) in [4.78, 5) is 13.2. The lowest BCUT2D eigenvalue weighted by atomic mass is 9.92. The quantitative estimate of drug-likeness (QED) is 0.837. The maximum absolute atomic E-state index is 10.9. The highest BCUT2D eigenvalue weighted by molar-refractivity contribution is 5.87. The van der Waals surface area contributed by atoms with E-state index in [-0.39, 0.29) is 11.7 Å². The van der Waals surface area contributed by atoms with Crippen molar-refractivity contribution < 1.29 is 19.7 Å². The number of aromatic carboxylic acids is 1. The molecular weight excluding hydrogens is 270 g/mol. The van der Waals surface area contributed by atoms with Gasteiger partial charge in [0.1, 0.15) is 12.4 Å². The molecule has 0 saturated carbocycles. The number of hydrogen-bond donors (Lipinski definition) is 2. The van der Waals surface area contributed by atoms with E-state index < -0.39 is 5.97 Å². The fraction of sp³-hybridized carbons (Fsp3) is 0.562. The number of aliphatic hydroxyl groups excluding tert-OH is 1. The molecular formula is C16H23NO4. The van der Waals surface area contributed by atoms with Gasteiger partial charge in [0.15, 0.2) is 0 Å². The molecule has 5 heteroatoms. The van der Waals surface area contributed by atoms with E-state index in [1.165, 1.54) is 0 Å². The first-order valence-corrected chi connectivity index (χ1v) is 7.43. The largest absolute Gasteiger partial charge is 0.492 e. The average molecular weight is 293 g/mol. The third-order valence-electron chi connectivity index (χ3n) is 4.07. The van der Waals surface area contributed by atoms with Crippen molar-refractivity contribution in [3.05, 3.63) is 29.8 Å². The standard InChI is InChI=1S/C16H23NO4/c1-12(18)13-5-7-17(8-6-13)9-10-21-15-4-2-3-14(11-15)16(19)20/h2-4,11-13,18H,5-10H2,1H3,(H,19,20). The highest BCUT2D eigenvalue weighted by Gasteiger charge is 2.22. The Bertz CT molecular complexity index is 467. The number of hydrogen-bond acceptors (Lipinski definition) is 4.